The Morgan fingerprint density at radius 3 is 2.10 bits per heavy atom. The number of benzene rings is 2. The van der Waals surface area contributed by atoms with Crippen LogP contribution < -0.4 is 10.1 Å². The van der Waals surface area contributed by atoms with Crippen LogP contribution in [0.2, 0.25) is 0 Å². The lowest BCUT2D eigenvalue weighted by Gasteiger charge is -2.26. The Bertz CT molecular complexity index is 1140. The summed E-state index contributed by atoms with van der Waals surface area (Å²) in [5.41, 5.74) is 0.446. The van der Waals surface area contributed by atoms with Crippen LogP contribution in [0.3, 0.4) is 0 Å². The van der Waals surface area contributed by atoms with Crippen LogP contribution in [0.5, 0.6) is 5.75 Å². The van der Waals surface area contributed by atoms with Gasteiger partial charge >= 0.3 is 0 Å². The van der Waals surface area contributed by atoms with Gasteiger partial charge in [0, 0.05) is 24.9 Å². The highest BCUT2D eigenvalue weighted by molar-refractivity contribution is 7.90. The molecule has 30 heavy (non-hydrogen) atoms. The first-order valence-corrected chi connectivity index (χ1v) is 12.8. The van der Waals surface area contributed by atoms with Gasteiger partial charge in [-0.25, -0.2) is 16.8 Å². The number of hydrogen-bond acceptors (Lipinski definition) is 6. The molecule has 0 radical (unpaired) electrons. The van der Waals surface area contributed by atoms with E-state index in [1.165, 1.54) is 53.9 Å². The molecule has 0 spiro atoms. The number of rotatable bonds is 6. The van der Waals surface area contributed by atoms with Gasteiger partial charge in [-0.15, -0.1) is 0 Å². The first-order valence-electron chi connectivity index (χ1n) is 9.42. The molecule has 2 aromatic carbocycles. The van der Waals surface area contributed by atoms with Crippen LogP contribution in [0.1, 0.15) is 29.6 Å². The van der Waals surface area contributed by atoms with E-state index in [2.05, 4.69) is 5.32 Å². The molecule has 162 valence electrons. The topological polar surface area (TPSA) is 110 Å². The van der Waals surface area contributed by atoms with Gasteiger partial charge in [-0.2, -0.15) is 4.31 Å². The zero-order valence-corrected chi connectivity index (χ0v) is 18.4. The van der Waals surface area contributed by atoms with Gasteiger partial charge in [-0.05, 0) is 55.3 Å². The number of sulfone groups is 1. The number of sulfonamides is 1. The minimum Gasteiger partial charge on any atom is -0.495 e. The molecule has 0 atom stereocenters. The molecule has 1 N–H and O–H groups in total. The zero-order valence-electron chi connectivity index (χ0n) is 16.8. The third kappa shape index (κ3) is 4.82. The third-order valence-corrected chi connectivity index (χ3v) is 7.94. The van der Waals surface area contributed by atoms with Crippen molar-refractivity contribution >= 4 is 31.5 Å². The van der Waals surface area contributed by atoms with Crippen molar-refractivity contribution in [1.29, 1.82) is 0 Å². The lowest BCUT2D eigenvalue weighted by atomic mass is 10.2. The predicted molar refractivity (Wildman–Crippen MR) is 113 cm³/mol. The van der Waals surface area contributed by atoms with Crippen molar-refractivity contribution < 1.29 is 26.4 Å². The number of ether oxygens (including phenoxy) is 1. The van der Waals surface area contributed by atoms with Gasteiger partial charge in [0.1, 0.15) is 5.75 Å². The van der Waals surface area contributed by atoms with Crippen LogP contribution in [0.25, 0.3) is 0 Å². The van der Waals surface area contributed by atoms with E-state index in [4.69, 9.17) is 4.74 Å². The van der Waals surface area contributed by atoms with E-state index < -0.39 is 25.8 Å². The number of carbonyl (C=O) groups is 1. The number of nitrogens with zero attached hydrogens (tertiary/aromatic N) is 1. The van der Waals surface area contributed by atoms with Gasteiger partial charge in [0.2, 0.25) is 10.0 Å². The van der Waals surface area contributed by atoms with Crippen LogP contribution in [0.4, 0.5) is 5.69 Å². The molecule has 1 aliphatic rings. The molecule has 1 fully saturated rings. The summed E-state index contributed by atoms with van der Waals surface area (Å²) >= 11 is 0. The van der Waals surface area contributed by atoms with E-state index in [1.54, 1.807) is 0 Å². The molecule has 1 amide bonds. The molecule has 1 saturated heterocycles. The fourth-order valence-electron chi connectivity index (χ4n) is 3.25. The van der Waals surface area contributed by atoms with Gasteiger partial charge in [0.25, 0.3) is 5.91 Å². The molecular weight excluding hydrogens is 428 g/mol. The molecule has 1 aliphatic heterocycles. The summed E-state index contributed by atoms with van der Waals surface area (Å²) in [5.74, 6) is -0.199. The second-order valence-electron chi connectivity index (χ2n) is 7.08. The molecule has 0 bridgehead atoms. The number of piperidine rings is 1. The largest absolute Gasteiger partial charge is 0.495 e. The normalized spacial score (nSPS) is 15.5. The number of carbonyl (C=O) groups excluding carboxylic acids is 1. The Morgan fingerprint density at radius 2 is 1.53 bits per heavy atom. The average molecular weight is 453 g/mol. The number of amides is 1. The van der Waals surface area contributed by atoms with Crippen LogP contribution in [0.15, 0.2) is 52.3 Å². The number of nitrogens with one attached hydrogen (secondary N) is 1. The molecule has 1 heterocycles. The van der Waals surface area contributed by atoms with Crippen molar-refractivity contribution in [2.75, 3.05) is 31.8 Å². The molecule has 0 saturated carbocycles. The molecule has 3 rings (SSSR count). The Morgan fingerprint density at radius 1 is 0.933 bits per heavy atom. The SMILES string of the molecule is COc1ccc(S(=O)(=O)N2CCCCC2)cc1NC(=O)c1ccc(S(C)(=O)=O)cc1. The van der Waals surface area contributed by atoms with Crippen LogP contribution in [-0.4, -0.2) is 53.5 Å². The van der Waals surface area contributed by atoms with Crippen LogP contribution in [0, 0.1) is 0 Å². The van der Waals surface area contributed by atoms with Crippen molar-refractivity contribution in [1.82, 2.24) is 4.31 Å². The fourth-order valence-corrected chi connectivity index (χ4v) is 5.42. The van der Waals surface area contributed by atoms with Crippen molar-refractivity contribution in [2.24, 2.45) is 0 Å². The summed E-state index contributed by atoms with van der Waals surface area (Å²) < 4.78 is 55.7. The maximum absolute atomic E-state index is 12.9. The standard InChI is InChI=1S/C20H24N2O6S2/c1-28-19-11-10-17(30(26,27)22-12-4-3-5-13-22)14-18(19)21-20(23)15-6-8-16(9-7-15)29(2,24)25/h6-11,14H,3-5,12-13H2,1-2H3,(H,21,23). The second kappa shape index (κ2) is 8.75. The van der Waals surface area contributed by atoms with E-state index in [0.717, 1.165) is 25.5 Å². The van der Waals surface area contributed by atoms with E-state index >= 15 is 0 Å². The van der Waals surface area contributed by atoms with Gasteiger partial charge in [0.05, 0.1) is 22.6 Å². The van der Waals surface area contributed by atoms with Crippen LogP contribution >= 0.6 is 0 Å². The molecule has 10 heteroatoms. The summed E-state index contributed by atoms with van der Waals surface area (Å²) in [7, 11) is -5.62. The Labute approximate surface area is 176 Å². The Hall–Kier alpha value is -2.43. The first kappa shape index (κ1) is 22.3. The summed E-state index contributed by atoms with van der Waals surface area (Å²) in [6.07, 6.45) is 3.74. The summed E-state index contributed by atoms with van der Waals surface area (Å²) in [4.78, 5) is 12.8. The highest BCUT2D eigenvalue weighted by Gasteiger charge is 2.27. The maximum Gasteiger partial charge on any atom is 0.255 e. The third-order valence-electron chi connectivity index (χ3n) is 4.92. The van der Waals surface area contributed by atoms with Crippen molar-refractivity contribution in [3.8, 4) is 5.75 Å². The molecule has 2 aromatic rings. The van der Waals surface area contributed by atoms with Gasteiger partial charge < -0.3 is 10.1 Å². The van der Waals surface area contributed by atoms with Gasteiger partial charge in [-0.1, -0.05) is 6.42 Å². The average Bonchev–Trinajstić information content (AvgIpc) is 2.73. The smallest absolute Gasteiger partial charge is 0.255 e. The molecule has 0 unspecified atom stereocenters. The fraction of sp³-hybridized carbons (Fsp3) is 0.350. The summed E-state index contributed by atoms with van der Waals surface area (Å²) in [6.45, 7) is 0.950. The quantitative estimate of drug-likeness (QED) is 0.721. The minimum absolute atomic E-state index is 0.0768. The van der Waals surface area contributed by atoms with E-state index in [-0.39, 0.29) is 21.0 Å². The highest BCUT2D eigenvalue weighted by atomic mass is 32.2. The molecule has 0 aliphatic carbocycles. The molecular formula is C20H24N2O6S2. The molecule has 0 aromatic heterocycles. The van der Waals surface area contributed by atoms with Crippen molar-refractivity contribution in [3.63, 3.8) is 0 Å². The van der Waals surface area contributed by atoms with E-state index in [1.807, 2.05) is 0 Å². The number of methoxy groups -OCH3 is 1. The minimum atomic E-state index is -3.67. The van der Waals surface area contributed by atoms with E-state index in [9.17, 15) is 21.6 Å². The molecule has 8 nitrogen and oxygen atoms in total. The van der Waals surface area contributed by atoms with Crippen molar-refractivity contribution in [3.05, 3.63) is 48.0 Å². The Kier molecular flexibility index (Phi) is 6.49. The summed E-state index contributed by atoms with van der Waals surface area (Å²) in [5, 5.41) is 2.66. The predicted octanol–water partition coefficient (Wildman–Crippen LogP) is 2.53. The Balaban J connectivity index is 1.88. The number of anilines is 1. The maximum atomic E-state index is 12.9. The lowest BCUT2D eigenvalue weighted by molar-refractivity contribution is 0.102. The number of hydrogen-bond donors (Lipinski definition) is 1. The summed E-state index contributed by atoms with van der Waals surface area (Å²) in [6, 6.07) is 9.82. The van der Waals surface area contributed by atoms with E-state index in [0.29, 0.717) is 18.8 Å². The van der Waals surface area contributed by atoms with Crippen molar-refractivity contribution in [2.45, 2.75) is 29.1 Å². The van der Waals surface area contributed by atoms with Gasteiger partial charge in [0.15, 0.2) is 9.84 Å². The van der Waals surface area contributed by atoms with Gasteiger partial charge in [-0.3, -0.25) is 4.79 Å². The highest BCUT2D eigenvalue weighted by Crippen LogP contribution is 2.30. The monoisotopic (exact) mass is 452 g/mol. The first-order chi connectivity index (χ1) is 14.1. The zero-order chi connectivity index (χ0) is 21.9. The lowest BCUT2D eigenvalue weighted by Crippen LogP contribution is -2.35. The second-order valence-corrected chi connectivity index (χ2v) is 11.0. The van der Waals surface area contributed by atoms with Crippen LogP contribution in [-0.2, 0) is 19.9 Å².